The molecule has 4 heterocycles. The van der Waals surface area contributed by atoms with Crippen LogP contribution in [0.4, 0.5) is 25.0 Å². The number of aromatic nitrogens is 2. The number of hydrogen-bond donors (Lipinski definition) is 0. The highest BCUT2D eigenvalue weighted by molar-refractivity contribution is 5.96. The maximum atomic E-state index is 13.8. The van der Waals surface area contributed by atoms with Crippen LogP contribution in [0, 0.1) is 5.92 Å². The fraction of sp³-hybridized carbons (Fsp3) is 0.452. The lowest BCUT2D eigenvalue weighted by molar-refractivity contribution is -0.141. The maximum absolute atomic E-state index is 13.8. The summed E-state index contributed by atoms with van der Waals surface area (Å²) in [5, 5.41) is 0. The molecule has 234 valence electrons. The van der Waals surface area contributed by atoms with Gasteiger partial charge < -0.3 is 23.9 Å². The molecule has 0 saturated carbocycles. The predicted octanol–water partition coefficient (Wildman–Crippen LogP) is 4.43. The molecule has 1 atom stereocenters. The maximum Gasteiger partial charge on any atom is 0.437 e. The van der Waals surface area contributed by atoms with Crippen LogP contribution in [0.3, 0.4) is 0 Å². The molecule has 3 aromatic rings. The number of piperidine rings is 1. The molecule has 2 saturated heterocycles. The number of anilines is 2. The molecule has 0 spiro atoms. The van der Waals surface area contributed by atoms with Crippen molar-refractivity contribution in [2.24, 2.45) is 5.92 Å². The first-order valence-corrected chi connectivity index (χ1v) is 14.5. The quantitative estimate of drug-likeness (QED) is 0.269. The van der Waals surface area contributed by atoms with Crippen molar-refractivity contribution < 1.29 is 36.7 Å². The zero-order chi connectivity index (χ0) is 31.4. The highest BCUT2D eigenvalue weighted by Crippen LogP contribution is 2.35. The van der Waals surface area contributed by atoms with Crippen LogP contribution in [0.2, 0.25) is 0 Å². The Kier molecular flexibility index (Phi) is 9.21. The fourth-order valence-corrected chi connectivity index (χ4v) is 5.61. The van der Waals surface area contributed by atoms with Crippen LogP contribution >= 0.6 is 0 Å². The molecule has 10 nitrogen and oxygen atoms in total. The molecule has 0 aliphatic carbocycles. The number of carbonyl (C=O) groups is 3. The molecule has 2 aliphatic rings. The zero-order valence-electron chi connectivity index (χ0n) is 24.6. The van der Waals surface area contributed by atoms with E-state index in [1.54, 1.807) is 46.2 Å². The summed E-state index contributed by atoms with van der Waals surface area (Å²) in [7, 11) is 1.30. The lowest BCUT2D eigenvalue weighted by Crippen LogP contribution is -2.49. The summed E-state index contributed by atoms with van der Waals surface area (Å²) in [5.41, 5.74) is 0.0966. The summed E-state index contributed by atoms with van der Waals surface area (Å²) in [6.07, 6.45) is -1.83. The van der Waals surface area contributed by atoms with Gasteiger partial charge in [0.25, 0.3) is 6.01 Å². The van der Waals surface area contributed by atoms with Crippen LogP contribution in [-0.2, 0) is 28.5 Å². The summed E-state index contributed by atoms with van der Waals surface area (Å²) in [6, 6.07) is 10.0. The lowest BCUT2D eigenvalue weighted by atomic mass is 10.0. The first-order valence-electron chi connectivity index (χ1n) is 14.5. The van der Waals surface area contributed by atoms with Crippen molar-refractivity contribution >= 4 is 29.5 Å². The Morgan fingerprint density at radius 2 is 1.75 bits per heavy atom. The number of esters is 1. The van der Waals surface area contributed by atoms with Crippen molar-refractivity contribution in [3.8, 4) is 0 Å². The van der Waals surface area contributed by atoms with E-state index in [9.17, 15) is 27.6 Å². The van der Waals surface area contributed by atoms with Crippen LogP contribution in [-0.4, -0.2) is 78.9 Å². The second-order valence-corrected chi connectivity index (χ2v) is 11.2. The number of methoxy groups -OCH3 is 1. The Hall–Kier alpha value is -4.42. The lowest BCUT2D eigenvalue weighted by Gasteiger charge is -2.35. The van der Waals surface area contributed by atoms with Gasteiger partial charge >= 0.3 is 12.1 Å². The van der Waals surface area contributed by atoms with Gasteiger partial charge in [0.05, 0.1) is 19.1 Å². The van der Waals surface area contributed by atoms with Gasteiger partial charge in [-0.3, -0.25) is 9.59 Å². The average molecular weight is 614 g/mol. The second-order valence-electron chi connectivity index (χ2n) is 11.2. The number of carbonyl (C=O) groups excluding carboxylic acids is 3. The van der Waals surface area contributed by atoms with Crippen molar-refractivity contribution in [1.82, 2.24) is 14.9 Å². The molecule has 5 rings (SSSR count). The zero-order valence-corrected chi connectivity index (χ0v) is 24.6. The number of nitrogens with zero attached hydrogens (tertiary/aromatic N) is 5. The highest BCUT2D eigenvalue weighted by Gasteiger charge is 2.42. The number of ketones is 1. The molecule has 2 aliphatic heterocycles. The molecule has 1 amide bonds. The number of alkyl halides is 3. The van der Waals surface area contributed by atoms with Crippen molar-refractivity contribution in [2.75, 3.05) is 56.2 Å². The van der Waals surface area contributed by atoms with Gasteiger partial charge in [-0.2, -0.15) is 18.2 Å². The van der Waals surface area contributed by atoms with E-state index >= 15 is 0 Å². The van der Waals surface area contributed by atoms with Crippen molar-refractivity contribution in [1.29, 1.82) is 0 Å². The van der Waals surface area contributed by atoms with E-state index in [0.717, 1.165) is 12.8 Å². The third-order valence-electron chi connectivity index (χ3n) is 7.96. The third kappa shape index (κ3) is 7.03. The minimum absolute atomic E-state index is 0.0755. The Labute approximate surface area is 252 Å². The Balaban J connectivity index is 1.19. The molecule has 44 heavy (non-hydrogen) atoms. The molecule has 1 aromatic carbocycles. The Bertz CT molecular complexity index is 1500. The number of amides is 1. The van der Waals surface area contributed by atoms with Crippen LogP contribution < -0.4 is 9.80 Å². The van der Waals surface area contributed by atoms with Crippen LogP contribution in [0.1, 0.15) is 57.5 Å². The molecule has 1 unspecified atom stereocenters. The smallest absolute Gasteiger partial charge is 0.437 e. The number of Topliss-reactive ketones (excluding diaryl/α,β-unsaturated/α-hetero) is 1. The molecule has 2 fully saturated rings. The molecular formula is C31H34F3N5O5. The molecular weight excluding hydrogens is 579 g/mol. The summed E-state index contributed by atoms with van der Waals surface area (Å²) in [6.45, 7) is 4.98. The van der Waals surface area contributed by atoms with E-state index < -0.39 is 29.4 Å². The number of ether oxygens (including phenoxy) is 1. The topological polar surface area (TPSA) is 109 Å². The Morgan fingerprint density at radius 3 is 2.41 bits per heavy atom. The molecule has 0 radical (unpaired) electrons. The van der Waals surface area contributed by atoms with Gasteiger partial charge in [0.15, 0.2) is 5.69 Å². The largest absolute Gasteiger partial charge is 0.465 e. The van der Waals surface area contributed by atoms with Gasteiger partial charge in [0.1, 0.15) is 5.82 Å². The highest BCUT2D eigenvalue weighted by atomic mass is 19.4. The standard InChI is InChI=1S/C31H34F3N5O5/c1-20-6-5-11-39(19-20)30-36-28(31(32,33)34)27(44-30)24(40)16-21-9-10-25(35-18-21)37-12-14-38(15-13-37)26(41)17-22-7-3-4-8-23(22)29(42)43-2/h3-4,7-10,18,20H,5-6,11-17,19H2,1-2H3. The number of pyridine rings is 1. The summed E-state index contributed by atoms with van der Waals surface area (Å²) < 4.78 is 51.5. The van der Waals surface area contributed by atoms with Gasteiger partial charge in [-0.05, 0) is 42.0 Å². The molecule has 0 bridgehead atoms. The van der Waals surface area contributed by atoms with E-state index in [-0.39, 0.29) is 30.7 Å². The van der Waals surface area contributed by atoms with Gasteiger partial charge in [0.2, 0.25) is 17.5 Å². The summed E-state index contributed by atoms with van der Waals surface area (Å²) in [4.78, 5) is 51.5. The number of oxazole rings is 1. The molecule has 2 aromatic heterocycles. The van der Waals surface area contributed by atoms with Gasteiger partial charge in [-0.15, -0.1) is 0 Å². The number of hydrogen-bond acceptors (Lipinski definition) is 9. The minimum atomic E-state index is -4.83. The van der Waals surface area contributed by atoms with Crippen LogP contribution in [0.15, 0.2) is 47.0 Å². The van der Waals surface area contributed by atoms with Crippen LogP contribution in [0.25, 0.3) is 0 Å². The van der Waals surface area contributed by atoms with E-state index in [1.165, 1.54) is 13.3 Å². The summed E-state index contributed by atoms with van der Waals surface area (Å²) in [5.74, 6) is -1.30. The number of piperazine rings is 1. The van der Waals surface area contributed by atoms with Crippen LogP contribution in [0.5, 0.6) is 0 Å². The van der Waals surface area contributed by atoms with E-state index in [4.69, 9.17) is 9.15 Å². The normalized spacial score (nSPS) is 17.5. The molecule has 0 N–H and O–H groups in total. The average Bonchev–Trinajstić information content (AvgIpc) is 3.48. The van der Waals surface area contributed by atoms with E-state index in [2.05, 4.69) is 9.97 Å². The third-order valence-corrected chi connectivity index (χ3v) is 7.96. The van der Waals surface area contributed by atoms with Crippen molar-refractivity contribution in [2.45, 2.75) is 38.8 Å². The predicted molar refractivity (Wildman–Crippen MR) is 155 cm³/mol. The number of benzene rings is 1. The first-order chi connectivity index (χ1) is 21.0. The van der Waals surface area contributed by atoms with Gasteiger partial charge in [-0.1, -0.05) is 31.2 Å². The number of halogens is 3. The fourth-order valence-electron chi connectivity index (χ4n) is 5.61. The minimum Gasteiger partial charge on any atom is -0.465 e. The van der Waals surface area contributed by atoms with E-state index in [1.807, 2.05) is 11.8 Å². The number of rotatable bonds is 8. The monoisotopic (exact) mass is 613 g/mol. The van der Waals surface area contributed by atoms with Gasteiger partial charge in [-0.25, -0.2) is 9.78 Å². The SMILES string of the molecule is COC(=O)c1ccccc1CC(=O)N1CCN(c2ccc(CC(=O)c3oc(N4CCCC(C)C4)nc3C(F)(F)F)cn2)CC1. The van der Waals surface area contributed by atoms with Crippen molar-refractivity contribution in [3.05, 3.63) is 70.7 Å². The van der Waals surface area contributed by atoms with E-state index in [0.29, 0.717) is 61.8 Å². The Morgan fingerprint density at radius 1 is 1.00 bits per heavy atom. The van der Waals surface area contributed by atoms with Crippen molar-refractivity contribution in [3.63, 3.8) is 0 Å². The first kappa shape index (κ1) is 31.0. The molecule has 13 heteroatoms. The second kappa shape index (κ2) is 13.1. The van der Waals surface area contributed by atoms with Gasteiger partial charge in [0, 0.05) is 51.9 Å². The summed E-state index contributed by atoms with van der Waals surface area (Å²) >= 11 is 0.